The van der Waals surface area contributed by atoms with Gasteiger partial charge in [-0.25, -0.2) is 0 Å². The van der Waals surface area contributed by atoms with Gasteiger partial charge in [0.1, 0.15) is 0 Å². The van der Waals surface area contributed by atoms with Crippen LogP contribution < -0.4 is 5.73 Å². The second-order valence-electron chi connectivity index (χ2n) is 2.48. The predicted octanol–water partition coefficient (Wildman–Crippen LogP) is 2.70. The third kappa shape index (κ3) is 2.83. The maximum Gasteiger partial charge on any atom is 0.390 e. The van der Waals surface area contributed by atoms with Gasteiger partial charge in [-0.1, -0.05) is 0 Å². The zero-order valence-corrected chi connectivity index (χ0v) is 6.95. The molecule has 0 aliphatic heterocycles. The highest BCUT2D eigenvalue weighted by atomic mass is 32.1. The molecule has 0 spiro atoms. The van der Waals surface area contributed by atoms with Crippen LogP contribution in [0.15, 0.2) is 16.8 Å². The summed E-state index contributed by atoms with van der Waals surface area (Å²) in [7, 11) is 0. The van der Waals surface area contributed by atoms with Crippen LogP contribution in [0.2, 0.25) is 0 Å². The first kappa shape index (κ1) is 9.54. The summed E-state index contributed by atoms with van der Waals surface area (Å²) in [6.45, 7) is 0. The number of halogens is 3. The van der Waals surface area contributed by atoms with Crippen LogP contribution in [-0.2, 0) is 0 Å². The topological polar surface area (TPSA) is 26.0 Å². The summed E-state index contributed by atoms with van der Waals surface area (Å²) in [5, 5.41) is 3.35. The molecule has 0 saturated heterocycles. The van der Waals surface area contributed by atoms with Crippen LogP contribution in [0, 0.1) is 0 Å². The molecule has 68 valence electrons. The summed E-state index contributed by atoms with van der Waals surface area (Å²) in [5.41, 5.74) is 5.87. The van der Waals surface area contributed by atoms with Gasteiger partial charge in [-0.2, -0.15) is 24.5 Å². The van der Waals surface area contributed by atoms with E-state index in [2.05, 4.69) is 0 Å². The Morgan fingerprint density at radius 1 is 1.50 bits per heavy atom. The molecule has 0 saturated carbocycles. The van der Waals surface area contributed by atoms with Gasteiger partial charge in [0.2, 0.25) is 0 Å². The van der Waals surface area contributed by atoms with E-state index in [1.54, 1.807) is 16.8 Å². The number of rotatable bonds is 2. The number of hydrogen-bond acceptors (Lipinski definition) is 2. The Labute approximate surface area is 72.0 Å². The highest BCUT2D eigenvalue weighted by molar-refractivity contribution is 7.07. The Morgan fingerprint density at radius 3 is 2.58 bits per heavy atom. The maximum atomic E-state index is 11.8. The van der Waals surface area contributed by atoms with Crippen LogP contribution in [0.4, 0.5) is 13.2 Å². The highest BCUT2D eigenvalue weighted by Gasteiger charge is 2.30. The normalized spacial score (nSPS) is 14.7. The van der Waals surface area contributed by atoms with E-state index in [0.29, 0.717) is 5.56 Å². The van der Waals surface area contributed by atoms with E-state index in [0.717, 1.165) is 0 Å². The van der Waals surface area contributed by atoms with E-state index in [9.17, 15) is 13.2 Å². The zero-order chi connectivity index (χ0) is 9.19. The van der Waals surface area contributed by atoms with Crippen molar-refractivity contribution in [3.8, 4) is 0 Å². The van der Waals surface area contributed by atoms with Gasteiger partial charge < -0.3 is 5.73 Å². The molecule has 1 aromatic heterocycles. The van der Waals surface area contributed by atoms with Crippen molar-refractivity contribution in [1.82, 2.24) is 0 Å². The molecule has 0 amide bonds. The third-order valence-corrected chi connectivity index (χ3v) is 2.12. The number of hydrogen-bond donors (Lipinski definition) is 1. The Kier molecular flexibility index (Phi) is 2.74. The highest BCUT2D eigenvalue weighted by Crippen LogP contribution is 2.28. The lowest BCUT2D eigenvalue weighted by atomic mass is 10.1. The average molecular weight is 195 g/mol. The number of alkyl halides is 3. The molecule has 1 aromatic rings. The fourth-order valence-electron chi connectivity index (χ4n) is 0.853. The van der Waals surface area contributed by atoms with Gasteiger partial charge in [-0.3, -0.25) is 0 Å². The van der Waals surface area contributed by atoms with Gasteiger partial charge in [-0.15, -0.1) is 0 Å². The number of nitrogens with two attached hydrogens (primary N) is 1. The van der Waals surface area contributed by atoms with E-state index in [1.807, 2.05) is 0 Å². The molecule has 1 atom stereocenters. The Bertz CT molecular complexity index is 229. The molecule has 12 heavy (non-hydrogen) atoms. The van der Waals surface area contributed by atoms with Crippen LogP contribution in [0.1, 0.15) is 18.0 Å². The molecular formula is C7H8F3NS. The molecule has 5 heteroatoms. The van der Waals surface area contributed by atoms with Gasteiger partial charge in [0.15, 0.2) is 0 Å². The molecule has 1 heterocycles. The van der Waals surface area contributed by atoms with Crippen molar-refractivity contribution >= 4 is 11.3 Å². The minimum absolute atomic E-state index is 0.553. The van der Waals surface area contributed by atoms with E-state index in [-0.39, 0.29) is 0 Å². The molecule has 0 radical (unpaired) electrons. The minimum atomic E-state index is -4.18. The molecule has 0 aliphatic carbocycles. The van der Waals surface area contributed by atoms with Crippen molar-refractivity contribution in [2.45, 2.75) is 18.6 Å². The molecule has 1 nitrogen and oxygen atoms in total. The summed E-state index contributed by atoms with van der Waals surface area (Å²) in [4.78, 5) is 0. The van der Waals surface area contributed by atoms with Gasteiger partial charge >= 0.3 is 6.18 Å². The van der Waals surface area contributed by atoms with E-state index < -0.39 is 18.6 Å². The van der Waals surface area contributed by atoms with Gasteiger partial charge in [0.05, 0.1) is 6.42 Å². The molecule has 0 unspecified atom stereocenters. The minimum Gasteiger partial charge on any atom is -0.324 e. The van der Waals surface area contributed by atoms with Crippen LogP contribution in [0.25, 0.3) is 0 Å². The second-order valence-corrected chi connectivity index (χ2v) is 3.26. The summed E-state index contributed by atoms with van der Waals surface area (Å²) in [6.07, 6.45) is -5.13. The van der Waals surface area contributed by atoms with Crippen molar-refractivity contribution < 1.29 is 13.2 Å². The fraction of sp³-hybridized carbons (Fsp3) is 0.429. The summed E-state index contributed by atoms with van der Waals surface area (Å²) in [6, 6.07) is 0.692. The standard InChI is InChI=1S/C7H8F3NS/c8-7(9,10)3-6(11)5-1-2-12-4-5/h1-2,4,6H,3,11H2/t6-/m0/s1. The lowest BCUT2D eigenvalue weighted by Gasteiger charge is -2.12. The number of thiophene rings is 1. The van der Waals surface area contributed by atoms with Crippen molar-refractivity contribution in [2.75, 3.05) is 0 Å². The summed E-state index contributed by atoms with van der Waals surface area (Å²) >= 11 is 1.35. The zero-order valence-electron chi connectivity index (χ0n) is 6.14. The monoisotopic (exact) mass is 195 g/mol. The van der Waals surface area contributed by atoms with E-state index >= 15 is 0 Å². The van der Waals surface area contributed by atoms with Crippen molar-refractivity contribution in [3.63, 3.8) is 0 Å². The van der Waals surface area contributed by atoms with Gasteiger partial charge in [0, 0.05) is 6.04 Å². The van der Waals surface area contributed by atoms with Crippen molar-refractivity contribution in [1.29, 1.82) is 0 Å². The third-order valence-electron chi connectivity index (χ3n) is 1.42. The molecule has 0 bridgehead atoms. The van der Waals surface area contributed by atoms with Crippen LogP contribution in [0.5, 0.6) is 0 Å². The van der Waals surface area contributed by atoms with Crippen molar-refractivity contribution in [3.05, 3.63) is 22.4 Å². The van der Waals surface area contributed by atoms with Gasteiger partial charge in [0.25, 0.3) is 0 Å². The lowest BCUT2D eigenvalue weighted by Crippen LogP contribution is -2.19. The first-order valence-corrected chi connectivity index (χ1v) is 4.28. The molecule has 0 aromatic carbocycles. The predicted molar refractivity (Wildman–Crippen MR) is 41.9 cm³/mol. The summed E-state index contributed by atoms with van der Waals surface area (Å²) in [5.74, 6) is 0. The van der Waals surface area contributed by atoms with Crippen LogP contribution in [0.3, 0.4) is 0 Å². The Morgan fingerprint density at radius 2 is 2.17 bits per heavy atom. The van der Waals surface area contributed by atoms with Crippen LogP contribution >= 0.6 is 11.3 Å². The lowest BCUT2D eigenvalue weighted by molar-refractivity contribution is -0.138. The van der Waals surface area contributed by atoms with Crippen LogP contribution in [-0.4, -0.2) is 6.18 Å². The van der Waals surface area contributed by atoms with E-state index in [4.69, 9.17) is 5.73 Å². The first-order valence-electron chi connectivity index (χ1n) is 3.33. The average Bonchev–Trinajstić information content (AvgIpc) is 2.32. The Hall–Kier alpha value is -0.550. The Balaban J connectivity index is 2.56. The van der Waals surface area contributed by atoms with Crippen molar-refractivity contribution in [2.24, 2.45) is 5.73 Å². The molecular weight excluding hydrogens is 187 g/mol. The second kappa shape index (κ2) is 3.45. The first-order chi connectivity index (χ1) is 5.49. The maximum absolute atomic E-state index is 11.8. The van der Waals surface area contributed by atoms with Gasteiger partial charge in [-0.05, 0) is 22.4 Å². The molecule has 0 fully saturated rings. The molecule has 1 rings (SSSR count). The van der Waals surface area contributed by atoms with E-state index in [1.165, 1.54) is 11.3 Å². The smallest absolute Gasteiger partial charge is 0.324 e. The fourth-order valence-corrected chi connectivity index (χ4v) is 1.58. The quantitative estimate of drug-likeness (QED) is 0.771. The SMILES string of the molecule is N[C@@H](CC(F)(F)F)c1ccsc1. The summed E-state index contributed by atoms with van der Waals surface area (Å²) < 4.78 is 35.5. The molecule has 2 N–H and O–H groups in total. The largest absolute Gasteiger partial charge is 0.390 e. The molecule has 0 aliphatic rings.